The minimum Gasteiger partial charge on any atom is -0.328 e. The Hall–Kier alpha value is -3.01. The summed E-state index contributed by atoms with van der Waals surface area (Å²) in [6, 6.07) is 14.0. The van der Waals surface area contributed by atoms with Gasteiger partial charge in [0.1, 0.15) is 0 Å². The van der Waals surface area contributed by atoms with Gasteiger partial charge in [-0.15, -0.1) is 0 Å². The molecule has 0 unspecified atom stereocenters. The molecule has 0 aliphatic carbocycles. The molecule has 1 aliphatic rings. The normalized spacial score (nSPS) is 13.0. The lowest BCUT2D eigenvalue weighted by atomic mass is 10.00. The number of aromatic nitrogens is 2. The smallest absolute Gasteiger partial charge is 0.254 e. The Morgan fingerprint density at radius 2 is 1.69 bits per heavy atom. The van der Waals surface area contributed by atoms with E-state index in [9.17, 15) is 4.79 Å². The molecule has 1 amide bonds. The molecular weight excluding hydrogens is 322 g/mol. The number of hydrogen-bond acceptors (Lipinski definition) is 3. The van der Waals surface area contributed by atoms with E-state index in [2.05, 4.69) is 18.0 Å². The van der Waals surface area contributed by atoms with Crippen LogP contribution in [0.2, 0.25) is 0 Å². The van der Waals surface area contributed by atoms with Crippen LogP contribution in [-0.4, -0.2) is 20.8 Å². The molecule has 4 nitrogen and oxygen atoms in total. The zero-order valence-corrected chi connectivity index (χ0v) is 15.3. The van der Waals surface area contributed by atoms with E-state index in [1.165, 1.54) is 5.56 Å². The molecule has 4 rings (SSSR count). The number of nitrogens with zero attached hydrogens (tertiary/aromatic N) is 3. The van der Waals surface area contributed by atoms with Crippen LogP contribution >= 0.6 is 0 Å². The van der Waals surface area contributed by atoms with Gasteiger partial charge in [0.25, 0.3) is 5.91 Å². The molecule has 0 spiro atoms. The predicted molar refractivity (Wildman–Crippen MR) is 102 cm³/mol. The van der Waals surface area contributed by atoms with Crippen molar-refractivity contribution in [3.05, 3.63) is 82.2 Å². The molecule has 0 saturated heterocycles. The Bertz CT molecular complexity index is 996. The van der Waals surface area contributed by atoms with E-state index in [0.29, 0.717) is 18.9 Å². The minimum absolute atomic E-state index is 0.0601. The van der Waals surface area contributed by atoms with Gasteiger partial charge in [0.2, 0.25) is 0 Å². The topological polar surface area (TPSA) is 46.1 Å². The highest BCUT2D eigenvalue weighted by molar-refractivity contribution is 5.96. The standard InChI is InChI=1S/C22H21N3O/c1-14-9-16(3)19(10-15(14)2)22(26)25-12-18-11-23-21(24-20(18)13-25)17-7-5-4-6-8-17/h4-11H,12-13H2,1-3H3. The first-order valence-electron chi connectivity index (χ1n) is 8.80. The maximum absolute atomic E-state index is 13.0. The Morgan fingerprint density at radius 1 is 0.962 bits per heavy atom. The highest BCUT2D eigenvalue weighted by Gasteiger charge is 2.27. The monoisotopic (exact) mass is 343 g/mol. The van der Waals surface area contributed by atoms with Gasteiger partial charge in [0.15, 0.2) is 5.82 Å². The van der Waals surface area contributed by atoms with Gasteiger partial charge in [0.05, 0.1) is 12.2 Å². The number of hydrogen-bond donors (Lipinski definition) is 0. The molecule has 2 heterocycles. The van der Waals surface area contributed by atoms with Gasteiger partial charge in [-0.1, -0.05) is 36.4 Å². The summed E-state index contributed by atoms with van der Waals surface area (Å²) in [5.41, 5.74) is 7.10. The van der Waals surface area contributed by atoms with Gasteiger partial charge in [-0.25, -0.2) is 9.97 Å². The van der Waals surface area contributed by atoms with Gasteiger partial charge >= 0.3 is 0 Å². The van der Waals surface area contributed by atoms with Crippen LogP contribution in [0.25, 0.3) is 11.4 Å². The third-order valence-electron chi connectivity index (χ3n) is 5.05. The molecule has 26 heavy (non-hydrogen) atoms. The Morgan fingerprint density at radius 3 is 2.46 bits per heavy atom. The van der Waals surface area contributed by atoms with Crippen LogP contribution in [0.5, 0.6) is 0 Å². The third-order valence-corrected chi connectivity index (χ3v) is 5.05. The summed E-state index contributed by atoms with van der Waals surface area (Å²) in [6.07, 6.45) is 1.85. The van der Waals surface area contributed by atoms with E-state index < -0.39 is 0 Å². The largest absolute Gasteiger partial charge is 0.328 e. The van der Waals surface area contributed by atoms with E-state index in [1.807, 2.05) is 61.3 Å². The fourth-order valence-electron chi connectivity index (χ4n) is 3.38. The van der Waals surface area contributed by atoms with Gasteiger partial charge in [-0.2, -0.15) is 0 Å². The lowest BCUT2D eigenvalue weighted by Gasteiger charge is -2.17. The average molecular weight is 343 g/mol. The number of rotatable bonds is 2. The molecule has 2 aromatic carbocycles. The number of carbonyl (C=O) groups is 1. The van der Waals surface area contributed by atoms with Crippen molar-refractivity contribution >= 4 is 5.91 Å². The summed E-state index contributed by atoms with van der Waals surface area (Å²) in [7, 11) is 0. The van der Waals surface area contributed by atoms with Gasteiger partial charge < -0.3 is 4.90 Å². The van der Waals surface area contributed by atoms with Crippen molar-refractivity contribution in [1.82, 2.24) is 14.9 Å². The van der Waals surface area contributed by atoms with Crippen LogP contribution in [0.15, 0.2) is 48.7 Å². The quantitative estimate of drug-likeness (QED) is 0.700. The van der Waals surface area contributed by atoms with Crippen molar-refractivity contribution < 1.29 is 4.79 Å². The van der Waals surface area contributed by atoms with Crippen LogP contribution in [0.1, 0.15) is 38.3 Å². The molecular formula is C22H21N3O. The fraction of sp³-hybridized carbons (Fsp3) is 0.227. The van der Waals surface area contributed by atoms with Crippen LogP contribution in [-0.2, 0) is 13.1 Å². The molecule has 3 aromatic rings. The predicted octanol–water partition coefficient (Wildman–Crippen LogP) is 4.22. The number of aryl methyl sites for hydroxylation is 3. The summed E-state index contributed by atoms with van der Waals surface area (Å²) in [4.78, 5) is 24.1. The summed E-state index contributed by atoms with van der Waals surface area (Å²) in [6.45, 7) is 7.21. The average Bonchev–Trinajstić information content (AvgIpc) is 3.08. The molecule has 0 radical (unpaired) electrons. The van der Waals surface area contributed by atoms with E-state index >= 15 is 0 Å². The molecule has 0 fully saturated rings. The molecule has 0 atom stereocenters. The first-order valence-corrected chi connectivity index (χ1v) is 8.80. The van der Waals surface area contributed by atoms with Crippen molar-refractivity contribution in [2.75, 3.05) is 0 Å². The van der Waals surface area contributed by atoms with Crippen molar-refractivity contribution in [2.45, 2.75) is 33.9 Å². The summed E-state index contributed by atoms with van der Waals surface area (Å²) >= 11 is 0. The van der Waals surface area contributed by atoms with Gasteiger partial charge in [-0.3, -0.25) is 4.79 Å². The highest BCUT2D eigenvalue weighted by Crippen LogP contribution is 2.26. The summed E-state index contributed by atoms with van der Waals surface area (Å²) in [5.74, 6) is 0.769. The molecule has 1 aliphatic heterocycles. The second-order valence-electron chi connectivity index (χ2n) is 6.94. The lowest BCUT2D eigenvalue weighted by Crippen LogP contribution is -2.26. The van der Waals surface area contributed by atoms with Crippen molar-refractivity contribution in [2.24, 2.45) is 0 Å². The molecule has 0 N–H and O–H groups in total. The summed E-state index contributed by atoms with van der Waals surface area (Å²) in [5, 5.41) is 0. The number of fused-ring (bicyclic) bond motifs is 1. The van der Waals surface area contributed by atoms with Gasteiger partial charge in [-0.05, 0) is 43.5 Å². The van der Waals surface area contributed by atoms with Crippen LogP contribution in [0.3, 0.4) is 0 Å². The van der Waals surface area contributed by atoms with Crippen LogP contribution < -0.4 is 0 Å². The molecule has 4 heteroatoms. The second-order valence-corrected chi connectivity index (χ2v) is 6.94. The Kier molecular flexibility index (Phi) is 4.03. The van der Waals surface area contributed by atoms with E-state index in [0.717, 1.165) is 33.5 Å². The molecule has 0 saturated carbocycles. The lowest BCUT2D eigenvalue weighted by molar-refractivity contribution is 0.0749. The number of benzene rings is 2. The maximum Gasteiger partial charge on any atom is 0.254 e. The third kappa shape index (κ3) is 2.88. The zero-order chi connectivity index (χ0) is 18.3. The van der Waals surface area contributed by atoms with Crippen molar-refractivity contribution in [1.29, 1.82) is 0 Å². The Labute approximate surface area is 153 Å². The van der Waals surface area contributed by atoms with Crippen LogP contribution in [0.4, 0.5) is 0 Å². The number of carbonyl (C=O) groups excluding carboxylic acids is 1. The fourth-order valence-corrected chi connectivity index (χ4v) is 3.38. The first-order chi connectivity index (χ1) is 12.5. The maximum atomic E-state index is 13.0. The molecule has 0 bridgehead atoms. The summed E-state index contributed by atoms with van der Waals surface area (Å²) < 4.78 is 0. The second kappa shape index (κ2) is 6.37. The van der Waals surface area contributed by atoms with E-state index in [1.54, 1.807) is 0 Å². The molecule has 1 aromatic heterocycles. The zero-order valence-electron chi connectivity index (χ0n) is 15.3. The number of amides is 1. The Balaban J connectivity index is 1.61. The van der Waals surface area contributed by atoms with Crippen molar-refractivity contribution in [3.8, 4) is 11.4 Å². The first kappa shape index (κ1) is 16.5. The highest BCUT2D eigenvalue weighted by atomic mass is 16.2. The van der Waals surface area contributed by atoms with E-state index in [-0.39, 0.29) is 5.91 Å². The molecule has 130 valence electrons. The SMILES string of the molecule is Cc1cc(C)c(C(=O)N2Cc3cnc(-c4ccccc4)nc3C2)cc1C. The minimum atomic E-state index is 0.0601. The van der Waals surface area contributed by atoms with Crippen LogP contribution in [0, 0.1) is 20.8 Å². The van der Waals surface area contributed by atoms with E-state index in [4.69, 9.17) is 4.98 Å². The van der Waals surface area contributed by atoms with Crippen molar-refractivity contribution in [3.63, 3.8) is 0 Å². The van der Waals surface area contributed by atoms with Gasteiger partial charge in [0, 0.05) is 29.4 Å².